The van der Waals surface area contributed by atoms with E-state index in [0.717, 1.165) is 5.56 Å². The number of halogens is 5. The van der Waals surface area contributed by atoms with Gasteiger partial charge in [0.05, 0.1) is 10.9 Å². The Morgan fingerprint density at radius 3 is 2.57 bits per heavy atom. The second kappa shape index (κ2) is 7.60. The van der Waals surface area contributed by atoms with Crippen LogP contribution >= 0.6 is 0 Å². The van der Waals surface area contributed by atoms with E-state index in [1.165, 1.54) is 24.3 Å². The van der Waals surface area contributed by atoms with Gasteiger partial charge in [-0.15, -0.1) is 10.2 Å². The molecule has 10 heteroatoms. The molecule has 2 aromatic carbocycles. The van der Waals surface area contributed by atoms with E-state index in [0.29, 0.717) is 59.0 Å². The number of hydrogen-bond donors (Lipinski definition) is 0. The van der Waals surface area contributed by atoms with Gasteiger partial charge in [-0.1, -0.05) is 0 Å². The summed E-state index contributed by atoms with van der Waals surface area (Å²) in [6.07, 6.45) is -2.57. The Morgan fingerprint density at radius 2 is 1.83 bits per heavy atom. The molecule has 0 radical (unpaired) electrons. The molecular formula is C25H22F5N5. The number of alkyl halides is 3. The molecule has 35 heavy (non-hydrogen) atoms. The van der Waals surface area contributed by atoms with Crippen LogP contribution in [0.3, 0.4) is 0 Å². The minimum Gasteiger partial charge on any atom is -0.325 e. The van der Waals surface area contributed by atoms with E-state index < -0.39 is 23.2 Å². The maximum atomic E-state index is 14.8. The third-order valence-corrected chi connectivity index (χ3v) is 7.42. The van der Waals surface area contributed by atoms with E-state index in [-0.39, 0.29) is 25.7 Å². The molecule has 4 aromatic rings. The van der Waals surface area contributed by atoms with Crippen molar-refractivity contribution >= 4 is 28.2 Å². The predicted molar refractivity (Wildman–Crippen MR) is 121 cm³/mol. The standard InChI is InChI=1S/C25H22F5N5/c1-14-32-33-23-31-22(19-12-16(26)4-5-20(19)35(14)23)34-10-2-3-18-15(11-17(27)13-21(18)34)6-7-24(8-9-24)25(28,29)30/h4-5,11-13H,2-3,6-10H2,1H3. The molecule has 6 rings (SSSR count). The fourth-order valence-corrected chi connectivity index (χ4v) is 5.33. The van der Waals surface area contributed by atoms with Gasteiger partial charge in [0.2, 0.25) is 0 Å². The van der Waals surface area contributed by atoms with E-state index in [2.05, 4.69) is 15.2 Å². The zero-order valence-corrected chi connectivity index (χ0v) is 19.0. The van der Waals surface area contributed by atoms with Crippen LogP contribution in [0.15, 0.2) is 30.3 Å². The molecule has 1 aliphatic heterocycles. The third-order valence-electron chi connectivity index (χ3n) is 7.42. The van der Waals surface area contributed by atoms with Gasteiger partial charge in [-0.3, -0.25) is 4.40 Å². The van der Waals surface area contributed by atoms with E-state index >= 15 is 0 Å². The lowest BCUT2D eigenvalue weighted by Crippen LogP contribution is -2.28. The summed E-state index contributed by atoms with van der Waals surface area (Å²) in [6, 6.07) is 7.10. The number of nitrogens with zero attached hydrogens (tertiary/aromatic N) is 5. The number of anilines is 2. The molecule has 1 saturated carbocycles. The van der Waals surface area contributed by atoms with Crippen molar-refractivity contribution in [2.45, 2.75) is 51.6 Å². The lowest BCUT2D eigenvalue weighted by molar-refractivity contribution is -0.188. The Bertz CT molecular complexity index is 1470. The van der Waals surface area contributed by atoms with Crippen LogP contribution in [0.1, 0.15) is 42.6 Å². The monoisotopic (exact) mass is 487 g/mol. The van der Waals surface area contributed by atoms with Crippen molar-refractivity contribution in [1.29, 1.82) is 0 Å². The number of fused-ring (bicyclic) bond motifs is 4. The summed E-state index contributed by atoms with van der Waals surface area (Å²) in [5.41, 5.74) is 0.988. The molecule has 0 bridgehead atoms. The van der Waals surface area contributed by atoms with E-state index in [4.69, 9.17) is 0 Å². The average molecular weight is 487 g/mol. The van der Waals surface area contributed by atoms with Gasteiger partial charge in [0.25, 0.3) is 5.78 Å². The average Bonchev–Trinajstić information content (AvgIpc) is 3.53. The maximum absolute atomic E-state index is 14.8. The molecule has 0 N–H and O–H groups in total. The topological polar surface area (TPSA) is 46.3 Å². The normalized spacial score (nSPS) is 17.3. The molecule has 1 fully saturated rings. The van der Waals surface area contributed by atoms with Crippen molar-refractivity contribution < 1.29 is 22.0 Å². The summed E-state index contributed by atoms with van der Waals surface area (Å²) in [4.78, 5) is 6.48. The molecule has 2 aliphatic rings. The van der Waals surface area contributed by atoms with Crippen molar-refractivity contribution in [2.75, 3.05) is 11.4 Å². The first-order valence-electron chi connectivity index (χ1n) is 11.6. The van der Waals surface area contributed by atoms with E-state index in [1.54, 1.807) is 17.4 Å². The van der Waals surface area contributed by atoms with Gasteiger partial charge in [0.1, 0.15) is 23.3 Å². The second-order valence-corrected chi connectivity index (χ2v) is 9.58. The smallest absolute Gasteiger partial charge is 0.325 e. The largest absolute Gasteiger partial charge is 0.394 e. The highest BCUT2D eigenvalue weighted by Crippen LogP contribution is 2.60. The number of aromatic nitrogens is 4. The van der Waals surface area contributed by atoms with Gasteiger partial charge in [-0.2, -0.15) is 18.2 Å². The number of benzene rings is 2. The zero-order chi connectivity index (χ0) is 24.5. The minimum absolute atomic E-state index is 0.0518. The van der Waals surface area contributed by atoms with Crippen molar-refractivity contribution in [3.8, 4) is 0 Å². The Morgan fingerprint density at radius 1 is 1.03 bits per heavy atom. The highest BCUT2D eigenvalue weighted by atomic mass is 19.4. The van der Waals surface area contributed by atoms with Crippen molar-refractivity contribution in [3.63, 3.8) is 0 Å². The predicted octanol–water partition coefficient (Wildman–Crippen LogP) is 6.22. The molecule has 3 heterocycles. The molecule has 0 atom stereocenters. The minimum atomic E-state index is -4.24. The molecule has 0 amide bonds. The van der Waals surface area contributed by atoms with Gasteiger partial charge in [0, 0.05) is 17.6 Å². The van der Waals surface area contributed by atoms with Crippen LogP contribution in [0.2, 0.25) is 0 Å². The molecule has 182 valence electrons. The molecule has 2 aromatic heterocycles. The van der Waals surface area contributed by atoms with Crippen LogP contribution < -0.4 is 4.90 Å². The quantitative estimate of drug-likeness (QED) is 0.321. The number of aryl methyl sites for hydroxylation is 2. The molecule has 0 saturated heterocycles. The van der Waals surface area contributed by atoms with Gasteiger partial charge in [-0.25, -0.2) is 8.78 Å². The van der Waals surface area contributed by atoms with Crippen LogP contribution in [0.25, 0.3) is 16.7 Å². The lowest BCUT2D eigenvalue weighted by atomic mass is 9.89. The first-order valence-corrected chi connectivity index (χ1v) is 11.6. The SMILES string of the molecule is Cc1nnc2nc(N3CCCc4c(CCC5(C(F)(F)F)CC5)cc(F)cc43)c3cc(F)ccc3n12. The lowest BCUT2D eigenvalue weighted by Gasteiger charge is -2.33. The summed E-state index contributed by atoms with van der Waals surface area (Å²) in [7, 11) is 0. The van der Waals surface area contributed by atoms with Gasteiger partial charge < -0.3 is 4.90 Å². The van der Waals surface area contributed by atoms with Gasteiger partial charge in [0.15, 0.2) is 0 Å². The summed E-state index contributed by atoms with van der Waals surface area (Å²) < 4.78 is 71.3. The highest BCUT2D eigenvalue weighted by Gasteiger charge is 2.62. The third kappa shape index (κ3) is 3.52. The van der Waals surface area contributed by atoms with E-state index in [1.807, 2.05) is 4.90 Å². The van der Waals surface area contributed by atoms with Crippen LogP contribution in [0.5, 0.6) is 0 Å². The first kappa shape index (κ1) is 22.2. The molecular weight excluding hydrogens is 465 g/mol. The van der Waals surface area contributed by atoms with Crippen molar-refractivity contribution in [2.24, 2.45) is 5.41 Å². The first-order chi connectivity index (χ1) is 16.7. The van der Waals surface area contributed by atoms with Crippen molar-refractivity contribution in [3.05, 3.63) is 58.9 Å². The summed E-state index contributed by atoms with van der Waals surface area (Å²) >= 11 is 0. The van der Waals surface area contributed by atoms with E-state index in [9.17, 15) is 22.0 Å². The molecule has 1 aliphatic carbocycles. The second-order valence-electron chi connectivity index (χ2n) is 9.58. The fraction of sp³-hybridized carbons (Fsp3) is 0.400. The zero-order valence-electron chi connectivity index (χ0n) is 19.0. The molecule has 0 unspecified atom stereocenters. The fourth-order valence-electron chi connectivity index (χ4n) is 5.33. The van der Waals surface area contributed by atoms with Crippen LogP contribution in [-0.4, -0.2) is 32.3 Å². The Balaban J connectivity index is 1.47. The summed E-state index contributed by atoms with van der Waals surface area (Å²) in [5, 5.41) is 8.73. The summed E-state index contributed by atoms with van der Waals surface area (Å²) in [6.45, 7) is 2.28. The van der Waals surface area contributed by atoms with Crippen LogP contribution in [0.4, 0.5) is 33.5 Å². The summed E-state index contributed by atoms with van der Waals surface area (Å²) in [5.74, 6) is 0.399. The van der Waals surface area contributed by atoms with Gasteiger partial charge in [-0.05, 0) is 86.9 Å². The van der Waals surface area contributed by atoms with Crippen LogP contribution in [0, 0.1) is 24.0 Å². The Kier molecular flexibility index (Phi) is 4.82. The Labute approximate surface area is 197 Å². The molecule has 5 nitrogen and oxygen atoms in total. The van der Waals surface area contributed by atoms with Crippen LogP contribution in [-0.2, 0) is 12.8 Å². The Hall–Kier alpha value is -3.30. The number of rotatable bonds is 4. The molecule has 0 spiro atoms. The van der Waals surface area contributed by atoms with Crippen molar-refractivity contribution in [1.82, 2.24) is 19.6 Å². The number of hydrogen-bond acceptors (Lipinski definition) is 4. The maximum Gasteiger partial charge on any atom is 0.394 e. The highest BCUT2D eigenvalue weighted by molar-refractivity contribution is 5.94. The van der Waals surface area contributed by atoms with Gasteiger partial charge >= 0.3 is 6.18 Å².